The summed E-state index contributed by atoms with van der Waals surface area (Å²) in [4.78, 5) is 25.5. The second kappa shape index (κ2) is 7.95. The lowest BCUT2D eigenvalue weighted by atomic mass is 10.1. The Balaban J connectivity index is 1.99. The lowest BCUT2D eigenvalue weighted by molar-refractivity contribution is 0.0934. The molecule has 0 radical (unpaired) electrons. The molecular weight excluding hydrogens is 326 g/mol. The Morgan fingerprint density at radius 3 is 2.42 bits per heavy atom. The van der Waals surface area contributed by atoms with Gasteiger partial charge in [-0.05, 0) is 25.0 Å². The fourth-order valence-corrected chi connectivity index (χ4v) is 2.95. The topological polar surface area (TPSA) is 64.0 Å². The predicted octanol–water partition coefficient (Wildman–Crippen LogP) is 3.69. The number of carbonyl (C=O) groups is 1. The zero-order valence-corrected chi connectivity index (χ0v) is 15.1. The van der Waals surface area contributed by atoms with E-state index in [2.05, 4.69) is 17.3 Å². The maximum Gasteiger partial charge on any atom is 0.274 e. The summed E-state index contributed by atoms with van der Waals surface area (Å²) in [5, 5.41) is 8.48. The van der Waals surface area contributed by atoms with E-state index in [4.69, 9.17) is 0 Å². The number of nitrogens with zero attached hydrogens (tertiary/aromatic N) is 2. The van der Waals surface area contributed by atoms with Crippen LogP contribution in [0.25, 0.3) is 10.8 Å². The molecule has 0 spiro atoms. The number of aromatic nitrogens is 2. The summed E-state index contributed by atoms with van der Waals surface area (Å²) in [6.45, 7) is 4.50. The van der Waals surface area contributed by atoms with Crippen LogP contribution in [0.4, 0.5) is 0 Å². The third kappa shape index (κ3) is 3.67. The number of fused-ring (bicyclic) bond motifs is 1. The normalized spacial score (nSPS) is 12.1. The van der Waals surface area contributed by atoms with E-state index in [1.54, 1.807) is 12.1 Å². The van der Waals surface area contributed by atoms with E-state index in [-0.39, 0.29) is 17.5 Å². The molecule has 1 atom stereocenters. The number of hydrogen-bond donors (Lipinski definition) is 1. The SMILES string of the molecule is CCCCn1nc(C(=O)N[C@H](C)c2ccccc2)c2ccccc2c1=O. The van der Waals surface area contributed by atoms with Gasteiger partial charge in [0.2, 0.25) is 0 Å². The molecule has 5 nitrogen and oxygen atoms in total. The average molecular weight is 349 g/mol. The summed E-state index contributed by atoms with van der Waals surface area (Å²) >= 11 is 0. The van der Waals surface area contributed by atoms with Crippen LogP contribution in [-0.2, 0) is 6.54 Å². The van der Waals surface area contributed by atoms with Crippen molar-refractivity contribution in [2.75, 3.05) is 0 Å². The second-order valence-electron chi connectivity index (χ2n) is 6.38. The van der Waals surface area contributed by atoms with Crippen molar-refractivity contribution < 1.29 is 4.79 Å². The molecule has 2 aromatic carbocycles. The maximum absolute atomic E-state index is 12.9. The van der Waals surface area contributed by atoms with Gasteiger partial charge in [-0.2, -0.15) is 5.10 Å². The van der Waals surface area contributed by atoms with Gasteiger partial charge in [0.05, 0.1) is 11.4 Å². The van der Waals surface area contributed by atoms with Gasteiger partial charge in [-0.15, -0.1) is 0 Å². The Bertz CT molecular complexity index is 964. The van der Waals surface area contributed by atoms with E-state index in [9.17, 15) is 9.59 Å². The molecule has 134 valence electrons. The number of aryl methyl sites for hydroxylation is 1. The third-order valence-corrected chi connectivity index (χ3v) is 4.45. The minimum atomic E-state index is -0.275. The number of nitrogens with one attached hydrogen (secondary N) is 1. The van der Waals surface area contributed by atoms with Crippen molar-refractivity contribution in [1.82, 2.24) is 15.1 Å². The van der Waals surface area contributed by atoms with Crippen LogP contribution in [0, 0.1) is 0 Å². The number of hydrogen-bond acceptors (Lipinski definition) is 3. The fourth-order valence-electron chi connectivity index (χ4n) is 2.95. The minimum absolute atomic E-state index is 0.151. The van der Waals surface area contributed by atoms with Crippen LogP contribution in [0.15, 0.2) is 59.4 Å². The molecule has 5 heteroatoms. The first kappa shape index (κ1) is 17.9. The molecule has 3 aromatic rings. The Labute approximate surface area is 152 Å². The first-order valence-electron chi connectivity index (χ1n) is 8.97. The van der Waals surface area contributed by atoms with E-state index < -0.39 is 0 Å². The Morgan fingerprint density at radius 2 is 1.73 bits per heavy atom. The van der Waals surface area contributed by atoms with E-state index in [1.165, 1.54) is 4.68 Å². The molecule has 1 aromatic heterocycles. The Kier molecular flexibility index (Phi) is 5.46. The summed E-state index contributed by atoms with van der Waals surface area (Å²) in [5.74, 6) is -0.275. The molecule has 0 aliphatic heterocycles. The van der Waals surface area contributed by atoms with Gasteiger partial charge in [-0.3, -0.25) is 9.59 Å². The fraction of sp³-hybridized carbons (Fsp3) is 0.286. The monoisotopic (exact) mass is 349 g/mol. The Hall–Kier alpha value is -2.95. The lowest BCUT2D eigenvalue weighted by Crippen LogP contribution is -2.32. The van der Waals surface area contributed by atoms with Crippen LogP contribution >= 0.6 is 0 Å². The molecule has 1 amide bonds. The minimum Gasteiger partial charge on any atom is -0.344 e. The standard InChI is InChI=1S/C21H23N3O2/c1-3-4-14-24-21(26)18-13-9-8-12-17(18)19(23-24)20(25)22-15(2)16-10-6-5-7-11-16/h5-13,15H,3-4,14H2,1-2H3,(H,22,25)/t15-/m1/s1. The van der Waals surface area contributed by atoms with Gasteiger partial charge in [-0.25, -0.2) is 4.68 Å². The highest BCUT2D eigenvalue weighted by Crippen LogP contribution is 2.16. The zero-order valence-electron chi connectivity index (χ0n) is 15.1. The summed E-state index contributed by atoms with van der Waals surface area (Å²) in [5.41, 5.74) is 1.16. The van der Waals surface area contributed by atoms with E-state index in [1.807, 2.05) is 49.4 Å². The predicted molar refractivity (Wildman–Crippen MR) is 103 cm³/mol. The van der Waals surface area contributed by atoms with Crippen LogP contribution in [0.2, 0.25) is 0 Å². The second-order valence-corrected chi connectivity index (χ2v) is 6.38. The van der Waals surface area contributed by atoms with Crippen molar-refractivity contribution in [2.24, 2.45) is 0 Å². The maximum atomic E-state index is 12.9. The molecule has 0 aliphatic carbocycles. The van der Waals surface area contributed by atoms with E-state index in [0.717, 1.165) is 18.4 Å². The van der Waals surface area contributed by atoms with Crippen molar-refractivity contribution in [1.29, 1.82) is 0 Å². The molecule has 3 rings (SSSR count). The van der Waals surface area contributed by atoms with Gasteiger partial charge in [0, 0.05) is 11.9 Å². The van der Waals surface area contributed by atoms with Gasteiger partial charge in [0.25, 0.3) is 11.5 Å². The highest BCUT2D eigenvalue weighted by molar-refractivity contribution is 6.04. The largest absolute Gasteiger partial charge is 0.344 e. The smallest absolute Gasteiger partial charge is 0.274 e. The van der Waals surface area contributed by atoms with Gasteiger partial charge < -0.3 is 5.32 Å². The lowest BCUT2D eigenvalue weighted by Gasteiger charge is -2.16. The van der Waals surface area contributed by atoms with Crippen LogP contribution in [-0.4, -0.2) is 15.7 Å². The summed E-state index contributed by atoms with van der Waals surface area (Å²) < 4.78 is 1.41. The molecule has 0 bridgehead atoms. The van der Waals surface area contributed by atoms with Crippen molar-refractivity contribution in [2.45, 2.75) is 39.3 Å². The number of carbonyl (C=O) groups excluding carboxylic acids is 1. The molecule has 26 heavy (non-hydrogen) atoms. The molecule has 0 saturated heterocycles. The highest BCUT2D eigenvalue weighted by atomic mass is 16.2. The van der Waals surface area contributed by atoms with Gasteiger partial charge in [0.1, 0.15) is 0 Å². The van der Waals surface area contributed by atoms with Crippen molar-refractivity contribution in [3.05, 3.63) is 76.2 Å². The Morgan fingerprint density at radius 1 is 1.08 bits per heavy atom. The molecule has 1 heterocycles. The van der Waals surface area contributed by atoms with Crippen molar-refractivity contribution in [3.8, 4) is 0 Å². The van der Waals surface area contributed by atoms with Crippen LogP contribution < -0.4 is 10.9 Å². The number of unbranched alkanes of at least 4 members (excludes halogenated alkanes) is 1. The van der Waals surface area contributed by atoms with E-state index >= 15 is 0 Å². The summed E-state index contributed by atoms with van der Waals surface area (Å²) in [7, 11) is 0. The quantitative estimate of drug-likeness (QED) is 0.738. The molecule has 1 N–H and O–H groups in total. The van der Waals surface area contributed by atoms with Crippen LogP contribution in [0.1, 0.15) is 48.8 Å². The summed E-state index contributed by atoms with van der Waals surface area (Å²) in [6, 6.07) is 16.8. The number of amides is 1. The summed E-state index contributed by atoms with van der Waals surface area (Å²) in [6.07, 6.45) is 1.79. The first-order valence-corrected chi connectivity index (χ1v) is 8.97. The zero-order chi connectivity index (χ0) is 18.5. The van der Waals surface area contributed by atoms with E-state index in [0.29, 0.717) is 23.0 Å². The van der Waals surface area contributed by atoms with Crippen LogP contribution in [0.3, 0.4) is 0 Å². The first-order chi connectivity index (χ1) is 12.6. The molecular formula is C21H23N3O2. The average Bonchev–Trinajstić information content (AvgIpc) is 2.68. The van der Waals surface area contributed by atoms with Gasteiger partial charge in [0.15, 0.2) is 5.69 Å². The molecule has 0 unspecified atom stereocenters. The van der Waals surface area contributed by atoms with Crippen LogP contribution in [0.5, 0.6) is 0 Å². The van der Waals surface area contributed by atoms with Gasteiger partial charge >= 0.3 is 0 Å². The van der Waals surface area contributed by atoms with Crippen molar-refractivity contribution in [3.63, 3.8) is 0 Å². The number of benzene rings is 2. The highest BCUT2D eigenvalue weighted by Gasteiger charge is 2.18. The molecule has 0 saturated carbocycles. The third-order valence-electron chi connectivity index (χ3n) is 4.45. The van der Waals surface area contributed by atoms with Crippen molar-refractivity contribution >= 4 is 16.7 Å². The van der Waals surface area contributed by atoms with Gasteiger partial charge in [-0.1, -0.05) is 61.9 Å². The molecule has 0 fully saturated rings. The number of rotatable bonds is 6. The molecule has 0 aliphatic rings.